The minimum Gasteiger partial charge on any atom is -0.398 e. The number of nitrogen functional groups attached to an aromatic ring is 1. The Morgan fingerprint density at radius 2 is 1.96 bits per heavy atom. The number of fused-ring (bicyclic) bond motifs is 3. The maximum absolute atomic E-state index is 13.2. The van der Waals surface area contributed by atoms with E-state index in [-0.39, 0.29) is 6.42 Å². The summed E-state index contributed by atoms with van der Waals surface area (Å²) in [5.41, 5.74) is 9.24. The van der Waals surface area contributed by atoms with Crippen molar-refractivity contribution in [3.05, 3.63) is 48.0 Å². The molecular formula is C21H20N4O3. The Labute approximate surface area is 162 Å². The first kappa shape index (κ1) is 19.1. The van der Waals surface area contributed by atoms with Crippen LogP contribution < -0.4 is 16.0 Å². The summed E-state index contributed by atoms with van der Waals surface area (Å²) >= 11 is 0. The van der Waals surface area contributed by atoms with Crippen molar-refractivity contribution in [2.24, 2.45) is 0 Å². The number of nitrogens with zero attached hydrogens (tertiary/aromatic N) is 2. The van der Waals surface area contributed by atoms with Gasteiger partial charge in [0.2, 0.25) is 11.8 Å². The number of imide groups is 1. The predicted molar refractivity (Wildman–Crippen MR) is 105 cm³/mol. The monoisotopic (exact) mass is 376 g/mol. The first-order valence-corrected chi connectivity index (χ1v) is 8.88. The van der Waals surface area contributed by atoms with Crippen molar-refractivity contribution >= 4 is 29.1 Å². The van der Waals surface area contributed by atoms with Crippen molar-refractivity contribution in [1.82, 2.24) is 5.32 Å². The Kier molecular flexibility index (Phi) is 5.14. The van der Waals surface area contributed by atoms with Gasteiger partial charge in [-0.15, -0.1) is 0 Å². The molecule has 142 valence electrons. The second-order valence-corrected chi connectivity index (χ2v) is 6.69. The fourth-order valence-electron chi connectivity index (χ4n) is 3.43. The molecule has 0 aromatic heterocycles. The number of hydrogen-bond donors (Lipinski definition) is 2. The van der Waals surface area contributed by atoms with Crippen LogP contribution in [0.3, 0.4) is 0 Å². The van der Waals surface area contributed by atoms with Crippen LogP contribution >= 0.6 is 0 Å². The van der Waals surface area contributed by atoms with E-state index in [0.29, 0.717) is 16.9 Å². The fraction of sp³-hybridized carbons (Fsp3) is 0.238. The number of amides is 3. The molecule has 1 aliphatic heterocycles. The second kappa shape index (κ2) is 7.53. The van der Waals surface area contributed by atoms with E-state index in [1.165, 1.54) is 6.92 Å². The maximum Gasteiger partial charge on any atom is 0.256 e. The lowest BCUT2D eigenvalue weighted by Crippen LogP contribution is -2.50. The summed E-state index contributed by atoms with van der Waals surface area (Å²) in [5.74, 6) is -2.13. The SMILES string of the molecule is CC1C(=O)N(C(=O)[C@H](C)NC(=O)CC#N)c2cccc(N)c2-c2ccccc21. The highest BCUT2D eigenvalue weighted by Gasteiger charge is 2.37. The van der Waals surface area contributed by atoms with Gasteiger partial charge in [-0.1, -0.05) is 30.3 Å². The average molecular weight is 376 g/mol. The van der Waals surface area contributed by atoms with Gasteiger partial charge in [-0.2, -0.15) is 5.26 Å². The van der Waals surface area contributed by atoms with E-state index in [9.17, 15) is 14.4 Å². The number of benzene rings is 2. The van der Waals surface area contributed by atoms with Gasteiger partial charge in [0.15, 0.2) is 0 Å². The number of carbonyl (C=O) groups is 3. The average Bonchev–Trinajstić information content (AvgIpc) is 2.76. The summed E-state index contributed by atoms with van der Waals surface area (Å²) in [4.78, 5) is 39.2. The van der Waals surface area contributed by atoms with E-state index >= 15 is 0 Å². The Morgan fingerprint density at radius 3 is 2.68 bits per heavy atom. The number of rotatable bonds is 3. The summed E-state index contributed by atoms with van der Waals surface area (Å²) in [6, 6.07) is 13.2. The van der Waals surface area contributed by atoms with Crippen LogP contribution in [0.5, 0.6) is 0 Å². The van der Waals surface area contributed by atoms with Gasteiger partial charge < -0.3 is 11.1 Å². The minimum absolute atomic E-state index is 0.364. The van der Waals surface area contributed by atoms with Gasteiger partial charge in [0, 0.05) is 11.3 Å². The summed E-state index contributed by atoms with van der Waals surface area (Å²) in [5, 5.41) is 11.1. The first-order valence-electron chi connectivity index (χ1n) is 8.88. The topological polar surface area (TPSA) is 116 Å². The summed E-state index contributed by atoms with van der Waals surface area (Å²) in [7, 11) is 0. The molecule has 1 unspecified atom stereocenters. The van der Waals surface area contributed by atoms with Crippen LogP contribution in [0.2, 0.25) is 0 Å². The smallest absolute Gasteiger partial charge is 0.256 e. The Hall–Kier alpha value is -3.66. The molecular weight excluding hydrogens is 356 g/mol. The molecule has 1 aliphatic rings. The Bertz CT molecular complexity index is 1010. The van der Waals surface area contributed by atoms with Crippen LogP contribution in [0.4, 0.5) is 11.4 Å². The third-order valence-corrected chi connectivity index (χ3v) is 4.81. The fourth-order valence-corrected chi connectivity index (χ4v) is 3.43. The van der Waals surface area contributed by atoms with Gasteiger partial charge >= 0.3 is 0 Å². The highest BCUT2D eigenvalue weighted by Crippen LogP contribution is 2.43. The molecule has 7 nitrogen and oxygen atoms in total. The highest BCUT2D eigenvalue weighted by atomic mass is 16.2. The number of anilines is 2. The third-order valence-electron chi connectivity index (χ3n) is 4.81. The molecule has 0 saturated heterocycles. The van der Waals surface area contributed by atoms with Gasteiger partial charge in [0.05, 0.1) is 17.7 Å². The largest absolute Gasteiger partial charge is 0.398 e. The first-order chi connectivity index (χ1) is 13.4. The molecule has 2 atom stereocenters. The molecule has 7 heteroatoms. The van der Waals surface area contributed by atoms with Crippen molar-refractivity contribution in [3.8, 4) is 17.2 Å². The number of nitrogens with two attached hydrogens (primary N) is 1. The molecule has 0 saturated carbocycles. The van der Waals surface area contributed by atoms with Crippen LogP contribution in [0.1, 0.15) is 31.7 Å². The predicted octanol–water partition coefficient (Wildman–Crippen LogP) is 2.33. The quantitative estimate of drug-likeness (QED) is 0.798. The van der Waals surface area contributed by atoms with Crippen LogP contribution in [0.25, 0.3) is 11.1 Å². The number of nitriles is 1. The molecule has 3 N–H and O–H groups in total. The van der Waals surface area contributed by atoms with Gasteiger partial charge in [0.25, 0.3) is 5.91 Å². The second-order valence-electron chi connectivity index (χ2n) is 6.69. The van der Waals surface area contributed by atoms with Gasteiger partial charge in [-0.05, 0) is 37.1 Å². The van der Waals surface area contributed by atoms with Crippen molar-refractivity contribution < 1.29 is 14.4 Å². The zero-order valence-electron chi connectivity index (χ0n) is 15.6. The summed E-state index contributed by atoms with van der Waals surface area (Å²) in [6.45, 7) is 3.22. The van der Waals surface area contributed by atoms with Crippen LogP contribution in [-0.4, -0.2) is 23.8 Å². The third kappa shape index (κ3) is 3.21. The number of hydrogen-bond acceptors (Lipinski definition) is 5. The van der Waals surface area contributed by atoms with Crippen LogP contribution in [0.15, 0.2) is 42.5 Å². The zero-order chi connectivity index (χ0) is 20.4. The molecule has 0 radical (unpaired) electrons. The molecule has 0 bridgehead atoms. The zero-order valence-corrected chi connectivity index (χ0v) is 15.6. The molecule has 0 aliphatic carbocycles. The van der Waals surface area contributed by atoms with Crippen LogP contribution in [-0.2, 0) is 14.4 Å². The molecule has 0 fully saturated rings. The molecule has 28 heavy (non-hydrogen) atoms. The number of carbonyl (C=O) groups excluding carboxylic acids is 3. The maximum atomic E-state index is 13.2. The van der Waals surface area contributed by atoms with E-state index in [2.05, 4.69) is 5.32 Å². The van der Waals surface area contributed by atoms with Crippen molar-refractivity contribution in [2.75, 3.05) is 10.6 Å². The van der Waals surface area contributed by atoms with E-state index in [1.54, 1.807) is 31.2 Å². The summed E-state index contributed by atoms with van der Waals surface area (Å²) in [6.07, 6.45) is -0.364. The normalized spacial score (nSPS) is 16.2. The van der Waals surface area contributed by atoms with E-state index in [4.69, 9.17) is 11.0 Å². The van der Waals surface area contributed by atoms with Crippen molar-refractivity contribution in [3.63, 3.8) is 0 Å². The lowest BCUT2D eigenvalue weighted by atomic mass is 9.92. The Morgan fingerprint density at radius 1 is 1.25 bits per heavy atom. The molecule has 1 heterocycles. The lowest BCUT2D eigenvalue weighted by Gasteiger charge is -2.26. The minimum atomic E-state index is -0.979. The van der Waals surface area contributed by atoms with Crippen molar-refractivity contribution in [1.29, 1.82) is 5.26 Å². The molecule has 3 rings (SSSR count). The van der Waals surface area contributed by atoms with E-state index in [0.717, 1.165) is 16.0 Å². The van der Waals surface area contributed by atoms with Crippen molar-refractivity contribution in [2.45, 2.75) is 32.2 Å². The van der Waals surface area contributed by atoms with Crippen LogP contribution in [0, 0.1) is 11.3 Å². The van der Waals surface area contributed by atoms with Gasteiger partial charge in [-0.3, -0.25) is 14.4 Å². The van der Waals surface area contributed by atoms with E-state index in [1.807, 2.05) is 24.3 Å². The van der Waals surface area contributed by atoms with E-state index < -0.39 is 29.7 Å². The lowest BCUT2D eigenvalue weighted by molar-refractivity contribution is -0.130. The molecule has 2 aromatic rings. The Balaban J connectivity index is 2.12. The molecule has 0 spiro atoms. The molecule has 3 amide bonds. The van der Waals surface area contributed by atoms with Gasteiger partial charge in [-0.25, -0.2) is 4.90 Å². The summed E-state index contributed by atoms with van der Waals surface area (Å²) < 4.78 is 0. The highest BCUT2D eigenvalue weighted by molar-refractivity contribution is 6.22. The number of nitrogens with one attached hydrogen (secondary N) is 1. The molecule has 2 aromatic carbocycles. The van der Waals surface area contributed by atoms with Gasteiger partial charge in [0.1, 0.15) is 12.5 Å². The standard InChI is InChI=1S/C21H20N4O3/c1-12-14-6-3-4-7-15(14)19-16(23)8-5-9-17(19)25(20(12)27)21(28)13(2)24-18(26)10-11-22/h3-9,12-13H,10,23H2,1-2H3,(H,24,26)/t12?,13-/m0/s1.